The van der Waals surface area contributed by atoms with Crippen LogP contribution in [0, 0.1) is 11.7 Å². The van der Waals surface area contributed by atoms with Gasteiger partial charge in [-0.3, -0.25) is 0 Å². The van der Waals surface area contributed by atoms with Gasteiger partial charge in [0.1, 0.15) is 5.82 Å². The molecule has 0 spiro atoms. The van der Waals surface area contributed by atoms with Crippen molar-refractivity contribution in [3.63, 3.8) is 0 Å². The Morgan fingerprint density at radius 3 is 2.19 bits per heavy atom. The third-order valence-electron chi connectivity index (χ3n) is 4.27. The molecule has 0 saturated heterocycles. The zero-order valence-electron chi connectivity index (χ0n) is 13.6. The van der Waals surface area contributed by atoms with Gasteiger partial charge in [0.05, 0.1) is 0 Å². The molecule has 1 atom stereocenters. The summed E-state index contributed by atoms with van der Waals surface area (Å²) in [6.07, 6.45) is 12.6. The van der Waals surface area contributed by atoms with Crippen LogP contribution < -0.4 is 5.73 Å². The molecule has 0 heterocycles. The van der Waals surface area contributed by atoms with Crippen molar-refractivity contribution in [1.82, 2.24) is 0 Å². The second kappa shape index (κ2) is 11.7. The molecule has 0 fully saturated rings. The number of hydrogen-bond donors (Lipinski definition) is 1. The highest BCUT2D eigenvalue weighted by Gasteiger charge is 2.10. The van der Waals surface area contributed by atoms with E-state index < -0.39 is 0 Å². The number of unbranched alkanes of at least 4 members (excludes halogenated alkanes) is 7. The lowest BCUT2D eigenvalue weighted by Gasteiger charge is -2.15. The molecule has 0 saturated carbocycles. The summed E-state index contributed by atoms with van der Waals surface area (Å²) in [5.74, 6) is 0.328. The summed E-state index contributed by atoms with van der Waals surface area (Å²) in [6.45, 7) is 2.91. The van der Waals surface area contributed by atoms with Crippen LogP contribution in [0.15, 0.2) is 24.3 Å². The number of nitrogens with two attached hydrogens (primary N) is 1. The zero-order chi connectivity index (χ0) is 15.3. The largest absolute Gasteiger partial charge is 0.330 e. The highest BCUT2D eigenvalue weighted by Crippen LogP contribution is 2.18. The second-order valence-corrected chi connectivity index (χ2v) is 6.16. The molecule has 21 heavy (non-hydrogen) atoms. The first-order valence-electron chi connectivity index (χ1n) is 8.71. The van der Waals surface area contributed by atoms with Crippen LogP contribution in [0.2, 0.25) is 0 Å². The van der Waals surface area contributed by atoms with Crippen molar-refractivity contribution in [3.8, 4) is 0 Å². The summed E-state index contributed by atoms with van der Waals surface area (Å²) < 4.78 is 13.6. The van der Waals surface area contributed by atoms with Crippen LogP contribution in [0.4, 0.5) is 4.39 Å². The van der Waals surface area contributed by atoms with Gasteiger partial charge in [-0.05, 0) is 36.9 Å². The van der Waals surface area contributed by atoms with Crippen molar-refractivity contribution >= 4 is 0 Å². The fourth-order valence-corrected chi connectivity index (χ4v) is 2.85. The van der Waals surface area contributed by atoms with Gasteiger partial charge in [0.15, 0.2) is 0 Å². The number of rotatable bonds is 12. The Kier molecular flexibility index (Phi) is 10.1. The summed E-state index contributed by atoms with van der Waals surface area (Å²) in [7, 11) is 0. The van der Waals surface area contributed by atoms with Gasteiger partial charge in [-0.15, -0.1) is 0 Å². The molecule has 0 aliphatic rings. The van der Waals surface area contributed by atoms with Gasteiger partial charge in [-0.1, -0.05) is 76.5 Å². The van der Waals surface area contributed by atoms with Crippen LogP contribution in [-0.4, -0.2) is 6.54 Å². The van der Waals surface area contributed by atoms with E-state index in [-0.39, 0.29) is 5.82 Å². The van der Waals surface area contributed by atoms with E-state index in [9.17, 15) is 4.39 Å². The highest BCUT2D eigenvalue weighted by atomic mass is 19.1. The van der Waals surface area contributed by atoms with Crippen LogP contribution in [0.5, 0.6) is 0 Å². The Balaban J connectivity index is 2.13. The van der Waals surface area contributed by atoms with Gasteiger partial charge in [0, 0.05) is 0 Å². The maximum atomic E-state index is 13.6. The van der Waals surface area contributed by atoms with Crippen LogP contribution >= 0.6 is 0 Å². The molecule has 0 bridgehead atoms. The van der Waals surface area contributed by atoms with Gasteiger partial charge >= 0.3 is 0 Å². The Bertz CT molecular complexity index is 364. The molecule has 2 N–H and O–H groups in total. The summed E-state index contributed by atoms with van der Waals surface area (Å²) in [5, 5.41) is 0. The van der Waals surface area contributed by atoms with Gasteiger partial charge in [-0.2, -0.15) is 0 Å². The molecular weight excluding hydrogens is 261 g/mol. The summed E-state index contributed by atoms with van der Waals surface area (Å²) >= 11 is 0. The average Bonchev–Trinajstić information content (AvgIpc) is 2.50. The van der Waals surface area contributed by atoms with Crippen LogP contribution in [-0.2, 0) is 6.42 Å². The first-order valence-corrected chi connectivity index (χ1v) is 8.71. The van der Waals surface area contributed by atoms with E-state index in [1.807, 2.05) is 12.1 Å². The molecule has 0 aliphatic heterocycles. The van der Waals surface area contributed by atoms with Crippen molar-refractivity contribution in [2.24, 2.45) is 11.7 Å². The lowest BCUT2D eigenvalue weighted by atomic mass is 9.93. The van der Waals surface area contributed by atoms with Gasteiger partial charge < -0.3 is 5.73 Å². The van der Waals surface area contributed by atoms with Crippen molar-refractivity contribution < 1.29 is 4.39 Å². The molecular formula is C19H32FN. The summed E-state index contributed by atoms with van der Waals surface area (Å²) in [4.78, 5) is 0. The molecule has 1 aromatic carbocycles. The summed E-state index contributed by atoms with van der Waals surface area (Å²) in [6, 6.07) is 7.07. The maximum absolute atomic E-state index is 13.6. The normalized spacial score (nSPS) is 12.5. The van der Waals surface area contributed by atoms with Gasteiger partial charge in [0.25, 0.3) is 0 Å². The third-order valence-corrected chi connectivity index (χ3v) is 4.27. The Labute approximate surface area is 130 Å². The second-order valence-electron chi connectivity index (χ2n) is 6.16. The Morgan fingerprint density at radius 1 is 0.952 bits per heavy atom. The highest BCUT2D eigenvalue weighted by molar-refractivity contribution is 5.17. The van der Waals surface area contributed by atoms with E-state index >= 15 is 0 Å². The zero-order valence-corrected chi connectivity index (χ0v) is 13.6. The minimum Gasteiger partial charge on any atom is -0.330 e. The SMILES string of the molecule is CCCCCCCCCCC(CN)Cc1ccccc1F. The lowest BCUT2D eigenvalue weighted by molar-refractivity contribution is 0.447. The van der Waals surface area contributed by atoms with E-state index in [0.29, 0.717) is 12.5 Å². The average molecular weight is 293 g/mol. The molecule has 0 radical (unpaired) electrons. The predicted molar refractivity (Wildman–Crippen MR) is 89.9 cm³/mol. The van der Waals surface area contributed by atoms with E-state index in [1.54, 1.807) is 12.1 Å². The topological polar surface area (TPSA) is 26.0 Å². The quantitative estimate of drug-likeness (QED) is 0.508. The van der Waals surface area contributed by atoms with Crippen LogP contribution in [0.25, 0.3) is 0 Å². The van der Waals surface area contributed by atoms with Crippen LogP contribution in [0.3, 0.4) is 0 Å². The molecule has 120 valence electrons. The standard InChI is InChI=1S/C19H32FN/c1-2-3-4-5-6-7-8-9-12-17(16-21)15-18-13-10-11-14-19(18)20/h10-11,13-14,17H,2-9,12,15-16,21H2,1H3. The molecule has 1 aromatic rings. The minimum absolute atomic E-state index is 0.0909. The predicted octanol–water partition coefficient (Wildman–Crippen LogP) is 5.47. The van der Waals surface area contributed by atoms with Crippen LogP contribution in [0.1, 0.15) is 70.3 Å². The molecule has 0 aliphatic carbocycles. The van der Waals surface area contributed by atoms with E-state index in [0.717, 1.165) is 18.4 Å². The van der Waals surface area contributed by atoms with Crippen molar-refractivity contribution in [2.45, 2.75) is 71.1 Å². The van der Waals surface area contributed by atoms with Crippen molar-refractivity contribution in [1.29, 1.82) is 0 Å². The fraction of sp³-hybridized carbons (Fsp3) is 0.684. The number of halogens is 1. The Morgan fingerprint density at radius 2 is 1.57 bits per heavy atom. The van der Waals surface area contributed by atoms with Crippen molar-refractivity contribution in [2.75, 3.05) is 6.54 Å². The van der Waals surface area contributed by atoms with E-state index in [4.69, 9.17) is 5.73 Å². The first kappa shape index (κ1) is 18.2. The lowest BCUT2D eigenvalue weighted by Crippen LogP contribution is -2.17. The van der Waals surface area contributed by atoms with E-state index in [2.05, 4.69) is 6.92 Å². The number of benzene rings is 1. The monoisotopic (exact) mass is 293 g/mol. The molecule has 1 nitrogen and oxygen atoms in total. The van der Waals surface area contributed by atoms with Gasteiger partial charge in [-0.25, -0.2) is 4.39 Å². The smallest absolute Gasteiger partial charge is 0.126 e. The third kappa shape index (κ3) is 8.21. The minimum atomic E-state index is -0.0909. The van der Waals surface area contributed by atoms with Gasteiger partial charge in [0.2, 0.25) is 0 Å². The molecule has 0 aromatic heterocycles. The molecule has 1 unspecified atom stereocenters. The number of hydrogen-bond acceptors (Lipinski definition) is 1. The Hall–Kier alpha value is -0.890. The van der Waals surface area contributed by atoms with E-state index in [1.165, 1.54) is 51.4 Å². The van der Waals surface area contributed by atoms with Crippen molar-refractivity contribution in [3.05, 3.63) is 35.6 Å². The maximum Gasteiger partial charge on any atom is 0.126 e. The first-order chi connectivity index (χ1) is 10.3. The fourth-order valence-electron chi connectivity index (χ4n) is 2.85. The summed E-state index contributed by atoms with van der Waals surface area (Å²) in [5.41, 5.74) is 6.66. The molecule has 2 heteroatoms. The molecule has 1 rings (SSSR count). The molecule has 0 amide bonds.